The van der Waals surface area contributed by atoms with Crippen LogP contribution in [0.5, 0.6) is 0 Å². The van der Waals surface area contributed by atoms with E-state index in [9.17, 15) is 15.2 Å². The Morgan fingerprint density at radius 2 is 1.88 bits per heavy atom. The van der Waals surface area contributed by atoms with Gasteiger partial charge in [0, 0.05) is 23.3 Å². The average molecular weight is 365 g/mol. The van der Waals surface area contributed by atoms with Crippen molar-refractivity contribution in [3.63, 3.8) is 0 Å². The van der Waals surface area contributed by atoms with Gasteiger partial charge in [0.2, 0.25) is 0 Å². The first-order valence-electron chi connectivity index (χ1n) is 6.81. The number of rotatable bonds is 4. The van der Waals surface area contributed by atoms with E-state index in [0.717, 1.165) is 0 Å². The van der Waals surface area contributed by atoms with E-state index in [2.05, 4.69) is 5.16 Å². The number of nitro groups is 1. The number of halogens is 2. The molecule has 24 heavy (non-hydrogen) atoms. The zero-order valence-corrected chi connectivity index (χ0v) is 13.6. The lowest BCUT2D eigenvalue weighted by molar-refractivity contribution is -0.384. The van der Waals surface area contributed by atoms with Crippen molar-refractivity contribution in [3.05, 3.63) is 68.2 Å². The van der Waals surface area contributed by atoms with Gasteiger partial charge in [-0.1, -0.05) is 34.4 Å². The molecular weight excluding hydrogens is 355 g/mol. The summed E-state index contributed by atoms with van der Waals surface area (Å²) in [7, 11) is 0. The van der Waals surface area contributed by atoms with E-state index in [1.54, 1.807) is 30.3 Å². The fourth-order valence-electron chi connectivity index (χ4n) is 2.31. The Labute approximate surface area is 146 Å². The second kappa shape index (κ2) is 6.60. The molecule has 1 heterocycles. The minimum Gasteiger partial charge on any atom is -0.391 e. The fraction of sp³-hybridized carbons (Fsp3) is 0.0625. The molecule has 0 bridgehead atoms. The molecule has 0 aliphatic rings. The van der Waals surface area contributed by atoms with E-state index in [1.165, 1.54) is 12.1 Å². The number of aliphatic hydroxyl groups excluding tert-OH is 1. The van der Waals surface area contributed by atoms with Gasteiger partial charge in [0.15, 0.2) is 5.76 Å². The molecule has 0 fully saturated rings. The first-order chi connectivity index (χ1) is 11.5. The number of non-ortho nitro benzene ring substituents is 1. The predicted octanol–water partition coefficient (Wildman–Crippen LogP) is 4.72. The van der Waals surface area contributed by atoms with Gasteiger partial charge in [-0.25, -0.2) is 0 Å². The molecule has 0 radical (unpaired) electrons. The first kappa shape index (κ1) is 16.4. The van der Waals surface area contributed by atoms with E-state index in [-0.39, 0.29) is 12.3 Å². The number of benzene rings is 2. The molecule has 0 atom stereocenters. The third-order valence-electron chi connectivity index (χ3n) is 3.49. The lowest BCUT2D eigenvalue weighted by atomic mass is 10.0. The molecule has 0 amide bonds. The smallest absolute Gasteiger partial charge is 0.269 e. The zero-order valence-electron chi connectivity index (χ0n) is 12.1. The first-order valence-corrected chi connectivity index (χ1v) is 7.57. The highest BCUT2D eigenvalue weighted by Crippen LogP contribution is 2.38. The third kappa shape index (κ3) is 2.87. The number of aromatic nitrogens is 1. The van der Waals surface area contributed by atoms with Crippen LogP contribution in [-0.2, 0) is 6.61 Å². The van der Waals surface area contributed by atoms with Crippen LogP contribution in [0.3, 0.4) is 0 Å². The van der Waals surface area contributed by atoms with Gasteiger partial charge in [-0.3, -0.25) is 10.1 Å². The van der Waals surface area contributed by atoms with Crippen LogP contribution in [0.2, 0.25) is 10.0 Å². The summed E-state index contributed by atoms with van der Waals surface area (Å²) in [5.74, 6) is 0.304. The lowest BCUT2D eigenvalue weighted by Crippen LogP contribution is -1.91. The Morgan fingerprint density at radius 3 is 2.50 bits per heavy atom. The normalized spacial score (nSPS) is 10.8. The SMILES string of the molecule is O=[N+]([O-])c1ccc(-c2noc(-c3cccc(Cl)c3Cl)c2CO)cc1. The van der Waals surface area contributed by atoms with Crippen molar-refractivity contribution < 1.29 is 14.6 Å². The van der Waals surface area contributed by atoms with Gasteiger partial charge in [0.1, 0.15) is 5.69 Å². The van der Waals surface area contributed by atoms with Crippen LogP contribution in [0.4, 0.5) is 5.69 Å². The summed E-state index contributed by atoms with van der Waals surface area (Å²) in [5.41, 5.74) is 1.86. The van der Waals surface area contributed by atoms with Crippen molar-refractivity contribution in [2.75, 3.05) is 0 Å². The van der Waals surface area contributed by atoms with Gasteiger partial charge in [-0.2, -0.15) is 0 Å². The van der Waals surface area contributed by atoms with E-state index in [0.29, 0.717) is 38.2 Å². The quantitative estimate of drug-likeness (QED) is 0.534. The third-order valence-corrected chi connectivity index (χ3v) is 4.31. The largest absolute Gasteiger partial charge is 0.391 e. The maximum atomic E-state index is 10.7. The minimum atomic E-state index is -0.489. The Morgan fingerprint density at radius 1 is 1.17 bits per heavy atom. The number of hydrogen-bond donors (Lipinski definition) is 1. The molecule has 0 spiro atoms. The standard InChI is InChI=1S/C16H10Cl2N2O4/c17-13-3-1-2-11(14(13)18)16-12(8-21)15(19-24-16)9-4-6-10(7-5-9)20(22)23/h1-7,21H,8H2. The van der Waals surface area contributed by atoms with Crippen molar-refractivity contribution >= 4 is 28.9 Å². The molecule has 0 unspecified atom stereocenters. The minimum absolute atomic E-state index is 0.0362. The molecule has 122 valence electrons. The van der Waals surface area contributed by atoms with Crippen LogP contribution in [0.25, 0.3) is 22.6 Å². The Kier molecular flexibility index (Phi) is 4.53. The number of aliphatic hydroxyl groups is 1. The van der Waals surface area contributed by atoms with Crippen LogP contribution in [0.1, 0.15) is 5.56 Å². The van der Waals surface area contributed by atoms with Crippen molar-refractivity contribution in [2.24, 2.45) is 0 Å². The van der Waals surface area contributed by atoms with Gasteiger partial charge >= 0.3 is 0 Å². The van der Waals surface area contributed by atoms with Crippen molar-refractivity contribution in [1.29, 1.82) is 0 Å². The molecule has 1 aromatic heterocycles. The molecular formula is C16H10Cl2N2O4. The molecule has 3 rings (SSSR count). The predicted molar refractivity (Wildman–Crippen MR) is 90.0 cm³/mol. The van der Waals surface area contributed by atoms with Crippen molar-refractivity contribution in [2.45, 2.75) is 6.61 Å². The molecule has 0 saturated carbocycles. The molecule has 1 N–H and O–H groups in total. The maximum absolute atomic E-state index is 10.7. The molecule has 6 nitrogen and oxygen atoms in total. The number of nitrogens with zero attached hydrogens (tertiary/aromatic N) is 2. The van der Waals surface area contributed by atoms with E-state index in [4.69, 9.17) is 27.7 Å². The summed E-state index contributed by atoms with van der Waals surface area (Å²) in [6.07, 6.45) is 0. The molecule has 0 aliphatic heterocycles. The van der Waals surface area contributed by atoms with E-state index >= 15 is 0 Å². The van der Waals surface area contributed by atoms with Gasteiger partial charge in [0.05, 0.1) is 27.1 Å². The van der Waals surface area contributed by atoms with Crippen LogP contribution in [-0.4, -0.2) is 15.2 Å². The molecule has 8 heteroatoms. The van der Waals surface area contributed by atoms with Gasteiger partial charge in [-0.05, 0) is 24.3 Å². The summed E-state index contributed by atoms with van der Waals surface area (Å²) >= 11 is 12.2. The highest BCUT2D eigenvalue weighted by atomic mass is 35.5. The van der Waals surface area contributed by atoms with Crippen LogP contribution < -0.4 is 0 Å². The summed E-state index contributed by atoms with van der Waals surface area (Å²) in [6.45, 7) is -0.339. The fourth-order valence-corrected chi connectivity index (χ4v) is 2.70. The van der Waals surface area contributed by atoms with Crippen LogP contribution >= 0.6 is 23.2 Å². The molecule has 0 aliphatic carbocycles. The highest BCUT2D eigenvalue weighted by Gasteiger charge is 2.21. The van der Waals surface area contributed by atoms with Gasteiger partial charge < -0.3 is 9.63 Å². The average Bonchev–Trinajstić information content (AvgIpc) is 3.01. The Balaban J connectivity index is 2.10. The maximum Gasteiger partial charge on any atom is 0.269 e. The Bertz CT molecular complexity index is 907. The monoisotopic (exact) mass is 364 g/mol. The highest BCUT2D eigenvalue weighted by molar-refractivity contribution is 6.43. The molecule has 2 aromatic carbocycles. The van der Waals surface area contributed by atoms with E-state index in [1.807, 2.05) is 0 Å². The summed E-state index contributed by atoms with van der Waals surface area (Å²) in [4.78, 5) is 10.2. The van der Waals surface area contributed by atoms with Gasteiger partial charge in [0.25, 0.3) is 5.69 Å². The van der Waals surface area contributed by atoms with Crippen molar-refractivity contribution in [1.82, 2.24) is 5.16 Å². The van der Waals surface area contributed by atoms with Crippen LogP contribution in [0, 0.1) is 10.1 Å². The van der Waals surface area contributed by atoms with E-state index < -0.39 is 4.92 Å². The molecule has 3 aromatic rings. The number of nitro benzene ring substituents is 1. The molecule has 0 saturated heterocycles. The Hall–Kier alpha value is -2.41. The van der Waals surface area contributed by atoms with Crippen LogP contribution in [0.15, 0.2) is 47.0 Å². The summed E-state index contributed by atoms with van der Waals surface area (Å²) in [6, 6.07) is 10.8. The number of hydrogen-bond acceptors (Lipinski definition) is 5. The van der Waals surface area contributed by atoms with Crippen molar-refractivity contribution in [3.8, 4) is 22.6 Å². The summed E-state index contributed by atoms with van der Waals surface area (Å²) in [5, 5.41) is 25.1. The zero-order chi connectivity index (χ0) is 17.3. The lowest BCUT2D eigenvalue weighted by Gasteiger charge is -2.04. The summed E-state index contributed by atoms with van der Waals surface area (Å²) < 4.78 is 5.35. The second-order valence-corrected chi connectivity index (χ2v) is 5.69. The topological polar surface area (TPSA) is 89.4 Å². The second-order valence-electron chi connectivity index (χ2n) is 4.90. The van der Waals surface area contributed by atoms with Gasteiger partial charge in [-0.15, -0.1) is 0 Å².